The second-order valence-electron chi connectivity index (χ2n) is 4.98. The molecule has 0 aliphatic heterocycles. The lowest BCUT2D eigenvalue weighted by molar-refractivity contribution is -0.118. The molecule has 0 fully saturated rings. The Morgan fingerprint density at radius 2 is 1.69 bits per heavy atom. The quantitative estimate of drug-likeness (QED) is 0.421. The van der Waals surface area contributed by atoms with Gasteiger partial charge in [0.25, 0.3) is 0 Å². The first-order chi connectivity index (χ1) is 12.6. The van der Waals surface area contributed by atoms with Crippen LogP contribution in [0.4, 0.5) is 0 Å². The van der Waals surface area contributed by atoms with Crippen LogP contribution in [0.5, 0.6) is 17.2 Å². The van der Waals surface area contributed by atoms with E-state index in [2.05, 4.69) is 10.5 Å². The van der Waals surface area contributed by atoms with Crippen LogP contribution < -0.4 is 19.6 Å². The summed E-state index contributed by atoms with van der Waals surface area (Å²) < 4.78 is 15.8. The Morgan fingerprint density at radius 3 is 2.31 bits per heavy atom. The topological polar surface area (TPSA) is 69.2 Å². The van der Waals surface area contributed by atoms with Gasteiger partial charge in [-0.2, -0.15) is 5.10 Å². The van der Waals surface area contributed by atoms with Crippen molar-refractivity contribution in [3.63, 3.8) is 0 Å². The van der Waals surface area contributed by atoms with Crippen molar-refractivity contribution >= 4 is 35.5 Å². The van der Waals surface area contributed by atoms with Crippen molar-refractivity contribution in [1.29, 1.82) is 0 Å². The molecule has 0 atom stereocenters. The lowest BCUT2D eigenvalue weighted by Crippen LogP contribution is -2.19. The SMILES string of the molecule is COc1cc(OC)c(OC)cc1/C=N/NC(=O)CSc1ccc(Cl)cc1. The lowest BCUT2D eigenvalue weighted by atomic mass is 10.2. The van der Waals surface area contributed by atoms with Crippen LogP contribution in [-0.2, 0) is 4.79 Å². The van der Waals surface area contributed by atoms with Gasteiger partial charge in [0, 0.05) is 21.5 Å². The summed E-state index contributed by atoms with van der Waals surface area (Å²) in [4.78, 5) is 12.9. The van der Waals surface area contributed by atoms with Gasteiger partial charge in [-0.3, -0.25) is 4.79 Å². The standard InChI is InChI=1S/C18H19ClN2O4S/c1-23-15-9-17(25-3)16(24-2)8-12(15)10-20-21-18(22)11-26-14-6-4-13(19)5-7-14/h4-10H,11H2,1-3H3,(H,21,22)/b20-10+. The van der Waals surface area contributed by atoms with Crippen molar-refractivity contribution < 1.29 is 19.0 Å². The largest absolute Gasteiger partial charge is 0.496 e. The fraction of sp³-hybridized carbons (Fsp3) is 0.222. The van der Waals surface area contributed by atoms with Gasteiger partial charge in [0.1, 0.15) is 5.75 Å². The summed E-state index contributed by atoms with van der Waals surface area (Å²) in [6.45, 7) is 0. The first-order valence-electron chi connectivity index (χ1n) is 7.57. The number of nitrogens with one attached hydrogen (secondary N) is 1. The van der Waals surface area contributed by atoms with E-state index in [1.165, 1.54) is 18.0 Å². The van der Waals surface area contributed by atoms with Crippen LogP contribution in [0, 0.1) is 0 Å². The van der Waals surface area contributed by atoms with E-state index in [0.717, 1.165) is 4.90 Å². The van der Waals surface area contributed by atoms with Gasteiger partial charge in [-0.25, -0.2) is 5.43 Å². The van der Waals surface area contributed by atoms with E-state index in [1.54, 1.807) is 45.6 Å². The highest BCUT2D eigenvalue weighted by Crippen LogP contribution is 2.33. The van der Waals surface area contributed by atoms with E-state index < -0.39 is 0 Å². The maximum atomic E-state index is 11.9. The zero-order valence-corrected chi connectivity index (χ0v) is 16.2. The number of carbonyl (C=O) groups is 1. The molecular formula is C18H19ClN2O4S. The number of thioether (sulfide) groups is 1. The highest BCUT2D eigenvalue weighted by Gasteiger charge is 2.10. The van der Waals surface area contributed by atoms with E-state index in [1.807, 2.05) is 12.1 Å². The number of hydrogen-bond donors (Lipinski definition) is 1. The molecule has 138 valence electrons. The minimum atomic E-state index is -0.222. The number of rotatable bonds is 8. The van der Waals surface area contributed by atoms with Gasteiger partial charge >= 0.3 is 0 Å². The second kappa shape index (κ2) is 9.94. The highest BCUT2D eigenvalue weighted by atomic mass is 35.5. The molecule has 1 N–H and O–H groups in total. The molecule has 0 radical (unpaired) electrons. The van der Waals surface area contributed by atoms with Crippen molar-refractivity contribution in [3.8, 4) is 17.2 Å². The van der Waals surface area contributed by atoms with Crippen LogP contribution in [0.25, 0.3) is 0 Å². The lowest BCUT2D eigenvalue weighted by Gasteiger charge is -2.11. The number of halogens is 1. The highest BCUT2D eigenvalue weighted by molar-refractivity contribution is 8.00. The van der Waals surface area contributed by atoms with Crippen LogP contribution in [0.1, 0.15) is 5.56 Å². The Labute approximate surface area is 161 Å². The number of hydrogen-bond acceptors (Lipinski definition) is 6. The summed E-state index contributed by atoms with van der Waals surface area (Å²) in [5.74, 6) is 1.66. The fourth-order valence-electron chi connectivity index (χ4n) is 2.04. The van der Waals surface area contributed by atoms with Gasteiger partial charge in [0.05, 0.1) is 33.3 Å². The summed E-state index contributed by atoms with van der Waals surface area (Å²) in [6.07, 6.45) is 1.49. The molecule has 2 aromatic rings. The average Bonchev–Trinajstić information content (AvgIpc) is 2.67. The molecule has 26 heavy (non-hydrogen) atoms. The van der Waals surface area contributed by atoms with Gasteiger partial charge in [-0.15, -0.1) is 11.8 Å². The third-order valence-corrected chi connectivity index (χ3v) is 4.58. The van der Waals surface area contributed by atoms with E-state index in [9.17, 15) is 4.79 Å². The van der Waals surface area contributed by atoms with Crippen LogP contribution in [0.3, 0.4) is 0 Å². The molecule has 0 spiro atoms. The van der Waals surface area contributed by atoms with Crippen molar-refractivity contribution in [2.75, 3.05) is 27.1 Å². The maximum Gasteiger partial charge on any atom is 0.250 e. The molecule has 6 nitrogen and oxygen atoms in total. The van der Waals surface area contributed by atoms with E-state index in [0.29, 0.717) is 27.8 Å². The maximum absolute atomic E-state index is 11.9. The fourth-order valence-corrected chi connectivity index (χ4v) is 2.86. The predicted octanol–water partition coefficient (Wildman–Crippen LogP) is 3.61. The molecule has 0 aliphatic carbocycles. The number of hydrazone groups is 1. The van der Waals surface area contributed by atoms with Crippen LogP contribution in [0.15, 0.2) is 46.4 Å². The Morgan fingerprint density at radius 1 is 1.08 bits per heavy atom. The molecule has 2 aromatic carbocycles. The molecule has 0 unspecified atom stereocenters. The molecule has 0 aliphatic rings. The minimum absolute atomic E-state index is 0.222. The number of benzene rings is 2. The van der Waals surface area contributed by atoms with E-state index >= 15 is 0 Å². The minimum Gasteiger partial charge on any atom is -0.496 e. The van der Waals surface area contributed by atoms with Gasteiger partial charge in [0.15, 0.2) is 11.5 Å². The molecule has 0 heterocycles. The van der Waals surface area contributed by atoms with Gasteiger partial charge < -0.3 is 14.2 Å². The van der Waals surface area contributed by atoms with Crippen molar-refractivity contribution in [2.45, 2.75) is 4.90 Å². The van der Waals surface area contributed by atoms with Crippen molar-refractivity contribution in [3.05, 3.63) is 47.0 Å². The molecule has 0 aromatic heterocycles. The van der Waals surface area contributed by atoms with Gasteiger partial charge in [-0.1, -0.05) is 11.6 Å². The summed E-state index contributed by atoms with van der Waals surface area (Å²) in [7, 11) is 4.63. The van der Waals surface area contributed by atoms with Crippen LogP contribution in [-0.4, -0.2) is 39.2 Å². The number of carbonyl (C=O) groups excluding carboxylic acids is 1. The first-order valence-corrected chi connectivity index (χ1v) is 8.94. The third kappa shape index (κ3) is 5.57. The third-order valence-electron chi connectivity index (χ3n) is 3.31. The summed E-state index contributed by atoms with van der Waals surface area (Å²) >= 11 is 7.23. The number of ether oxygens (including phenoxy) is 3. The summed E-state index contributed by atoms with van der Waals surface area (Å²) in [5.41, 5.74) is 3.14. The Hall–Kier alpha value is -2.38. The number of nitrogens with zero attached hydrogens (tertiary/aromatic N) is 1. The Bertz CT molecular complexity index is 782. The van der Waals surface area contributed by atoms with Crippen LogP contribution in [0.2, 0.25) is 5.02 Å². The monoisotopic (exact) mass is 394 g/mol. The van der Waals surface area contributed by atoms with Crippen molar-refractivity contribution in [2.24, 2.45) is 5.10 Å². The molecule has 2 rings (SSSR count). The molecular weight excluding hydrogens is 376 g/mol. The zero-order valence-electron chi connectivity index (χ0n) is 14.6. The van der Waals surface area contributed by atoms with E-state index in [-0.39, 0.29) is 11.7 Å². The molecule has 0 saturated carbocycles. The van der Waals surface area contributed by atoms with Gasteiger partial charge in [0.2, 0.25) is 5.91 Å². The van der Waals surface area contributed by atoms with Crippen LogP contribution >= 0.6 is 23.4 Å². The molecule has 0 bridgehead atoms. The molecule has 0 saturated heterocycles. The summed E-state index contributed by atoms with van der Waals surface area (Å²) in [6, 6.07) is 10.7. The van der Waals surface area contributed by atoms with E-state index in [4.69, 9.17) is 25.8 Å². The average molecular weight is 395 g/mol. The number of methoxy groups -OCH3 is 3. The first kappa shape index (κ1) is 19.9. The second-order valence-corrected chi connectivity index (χ2v) is 6.47. The normalized spacial score (nSPS) is 10.6. The van der Waals surface area contributed by atoms with Gasteiger partial charge in [-0.05, 0) is 30.3 Å². The Balaban J connectivity index is 1.96. The predicted molar refractivity (Wildman–Crippen MR) is 104 cm³/mol. The molecule has 8 heteroatoms. The smallest absolute Gasteiger partial charge is 0.250 e. The van der Waals surface area contributed by atoms with Crippen molar-refractivity contribution in [1.82, 2.24) is 5.43 Å². The Kier molecular flexibility index (Phi) is 7.62. The zero-order chi connectivity index (χ0) is 18.9. The number of amides is 1. The molecule has 1 amide bonds. The summed E-state index contributed by atoms with van der Waals surface area (Å²) in [5, 5.41) is 4.63.